The molecule has 0 aliphatic heterocycles. The highest BCUT2D eigenvalue weighted by molar-refractivity contribution is 7.91. The molecule has 1 aromatic heterocycles. The molecule has 1 N–H and O–H groups in total. The topological polar surface area (TPSA) is 55.1 Å². The average molecular weight is 301 g/mol. The summed E-state index contributed by atoms with van der Waals surface area (Å²) in [7, 11) is -0.807. The largest absolute Gasteiger partial charge is 0.482 e. The molecule has 6 heteroatoms. The molecule has 0 radical (unpaired) electrons. The Morgan fingerprint density at radius 2 is 2.16 bits per heavy atom. The highest BCUT2D eigenvalue weighted by Crippen LogP contribution is 2.28. The van der Waals surface area contributed by atoms with Crippen LogP contribution in [0.15, 0.2) is 24.3 Å². The summed E-state index contributed by atoms with van der Waals surface area (Å²) < 4.78 is 26.2. The molecule has 2 rings (SSSR count). The molecular formula is C13H17ClN2O2S. The lowest BCUT2D eigenvalue weighted by atomic mass is 10.2. The van der Waals surface area contributed by atoms with E-state index in [1.165, 1.54) is 6.26 Å². The van der Waals surface area contributed by atoms with Crippen LogP contribution in [-0.4, -0.2) is 27.9 Å². The number of rotatable bonds is 5. The zero-order valence-corrected chi connectivity index (χ0v) is 12.6. The van der Waals surface area contributed by atoms with Crippen molar-refractivity contribution >= 4 is 32.2 Å². The standard InChI is InChI=1S/C13H17ClN2O2S/c1-18-13-9-10-8-11(14)4-5-12(10)16(13)6-3-7-19(2,15)17/h4-5,8-9,15H,3,6-7H2,1-2H3. The maximum absolute atomic E-state index is 11.4. The van der Waals surface area contributed by atoms with Gasteiger partial charge in [-0.25, -0.2) is 0 Å². The van der Waals surface area contributed by atoms with E-state index in [4.69, 9.17) is 21.1 Å². The van der Waals surface area contributed by atoms with Gasteiger partial charge in [-0.15, -0.1) is 0 Å². The molecule has 0 amide bonds. The summed E-state index contributed by atoms with van der Waals surface area (Å²) in [4.78, 5) is 0. The normalized spacial score (nSPS) is 14.5. The van der Waals surface area contributed by atoms with E-state index in [2.05, 4.69) is 0 Å². The molecule has 104 valence electrons. The van der Waals surface area contributed by atoms with Crippen LogP contribution in [0.4, 0.5) is 0 Å². The molecule has 0 bridgehead atoms. The fraction of sp³-hybridized carbons (Fsp3) is 0.385. The molecule has 0 aliphatic rings. The Kier molecular flexibility index (Phi) is 4.06. The van der Waals surface area contributed by atoms with Crippen molar-refractivity contribution < 1.29 is 8.95 Å². The number of methoxy groups -OCH3 is 1. The molecular weight excluding hydrogens is 284 g/mol. The monoisotopic (exact) mass is 300 g/mol. The molecule has 2 aromatic rings. The van der Waals surface area contributed by atoms with Crippen LogP contribution in [0.3, 0.4) is 0 Å². The third-order valence-electron chi connectivity index (χ3n) is 2.95. The third-order valence-corrected chi connectivity index (χ3v) is 4.25. The minimum atomic E-state index is -2.43. The quantitative estimate of drug-likeness (QED) is 0.920. The number of benzene rings is 1. The number of fused-ring (bicyclic) bond motifs is 1. The van der Waals surface area contributed by atoms with Gasteiger partial charge < -0.3 is 9.30 Å². The van der Waals surface area contributed by atoms with Crippen LogP contribution in [-0.2, 0) is 16.3 Å². The van der Waals surface area contributed by atoms with Crippen LogP contribution < -0.4 is 4.74 Å². The van der Waals surface area contributed by atoms with Crippen molar-refractivity contribution in [3.05, 3.63) is 29.3 Å². The first-order valence-electron chi connectivity index (χ1n) is 5.95. The number of hydrogen-bond acceptors (Lipinski definition) is 3. The predicted molar refractivity (Wildman–Crippen MR) is 79.8 cm³/mol. The minimum Gasteiger partial charge on any atom is -0.482 e. The lowest BCUT2D eigenvalue weighted by molar-refractivity contribution is 0.375. The Morgan fingerprint density at radius 1 is 1.42 bits per heavy atom. The molecule has 1 heterocycles. The molecule has 1 aromatic carbocycles. The van der Waals surface area contributed by atoms with Crippen LogP contribution in [0.25, 0.3) is 10.9 Å². The number of halogens is 1. The smallest absolute Gasteiger partial charge is 0.194 e. The fourth-order valence-electron chi connectivity index (χ4n) is 2.11. The van der Waals surface area contributed by atoms with E-state index < -0.39 is 9.73 Å². The van der Waals surface area contributed by atoms with E-state index >= 15 is 0 Å². The zero-order valence-electron chi connectivity index (χ0n) is 11.0. The number of nitrogens with one attached hydrogen (secondary N) is 1. The number of ether oxygens (including phenoxy) is 1. The first-order valence-corrected chi connectivity index (χ1v) is 8.46. The van der Waals surface area contributed by atoms with Gasteiger partial charge in [0.1, 0.15) is 0 Å². The average Bonchev–Trinajstić information content (AvgIpc) is 2.65. The summed E-state index contributed by atoms with van der Waals surface area (Å²) >= 11 is 5.97. The molecule has 0 aliphatic carbocycles. The van der Waals surface area contributed by atoms with Gasteiger partial charge in [0.25, 0.3) is 0 Å². The molecule has 0 saturated heterocycles. The second-order valence-corrected chi connectivity index (χ2v) is 7.46. The Balaban J connectivity index is 2.30. The maximum atomic E-state index is 11.4. The first-order chi connectivity index (χ1) is 8.90. The Hall–Kier alpha value is -1.20. The lowest BCUT2D eigenvalue weighted by Crippen LogP contribution is -2.07. The molecule has 0 fully saturated rings. The number of hydrogen-bond donors (Lipinski definition) is 1. The maximum Gasteiger partial charge on any atom is 0.194 e. The van der Waals surface area contributed by atoms with E-state index in [0.717, 1.165) is 16.8 Å². The van der Waals surface area contributed by atoms with Crippen LogP contribution in [0.5, 0.6) is 5.88 Å². The zero-order chi connectivity index (χ0) is 14.0. The second-order valence-electron chi connectivity index (χ2n) is 4.60. The summed E-state index contributed by atoms with van der Waals surface area (Å²) in [6.45, 7) is 0.679. The van der Waals surface area contributed by atoms with Crippen LogP contribution in [0.1, 0.15) is 6.42 Å². The van der Waals surface area contributed by atoms with Gasteiger partial charge >= 0.3 is 0 Å². The van der Waals surface area contributed by atoms with E-state index in [1.54, 1.807) is 7.11 Å². The summed E-state index contributed by atoms with van der Waals surface area (Å²) in [6.07, 6.45) is 2.15. The van der Waals surface area contributed by atoms with E-state index in [9.17, 15) is 4.21 Å². The van der Waals surface area contributed by atoms with Gasteiger partial charge in [0.2, 0.25) is 0 Å². The van der Waals surface area contributed by atoms with Crippen LogP contribution in [0, 0.1) is 4.78 Å². The van der Waals surface area contributed by atoms with Crippen molar-refractivity contribution in [3.63, 3.8) is 0 Å². The van der Waals surface area contributed by atoms with Gasteiger partial charge in [0, 0.05) is 44.8 Å². The predicted octanol–water partition coefficient (Wildman–Crippen LogP) is 3.37. The van der Waals surface area contributed by atoms with Gasteiger partial charge in [0.15, 0.2) is 5.88 Å². The van der Waals surface area contributed by atoms with Gasteiger partial charge in [-0.05, 0) is 24.6 Å². The summed E-state index contributed by atoms with van der Waals surface area (Å²) in [6, 6.07) is 7.62. The van der Waals surface area contributed by atoms with Gasteiger partial charge in [-0.1, -0.05) is 11.6 Å². The molecule has 0 saturated carbocycles. The van der Waals surface area contributed by atoms with Crippen LogP contribution in [0.2, 0.25) is 5.02 Å². The summed E-state index contributed by atoms with van der Waals surface area (Å²) in [5.74, 6) is 1.15. The SMILES string of the molecule is COc1cc2cc(Cl)ccc2n1CCCS(C)(=N)=O. The van der Waals surface area contributed by atoms with Crippen molar-refractivity contribution in [2.45, 2.75) is 13.0 Å². The Labute approximate surface area is 118 Å². The highest BCUT2D eigenvalue weighted by Gasteiger charge is 2.10. The third kappa shape index (κ3) is 3.42. The Morgan fingerprint density at radius 3 is 2.79 bits per heavy atom. The molecule has 4 nitrogen and oxygen atoms in total. The molecule has 0 spiro atoms. The molecule has 1 atom stereocenters. The van der Waals surface area contributed by atoms with Crippen molar-refractivity contribution in [1.29, 1.82) is 4.78 Å². The summed E-state index contributed by atoms with van der Waals surface area (Å²) in [5.41, 5.74) is 1.04. The van der Waals surface area contributed by atoms with E-state index in [-0.39, 0.29) is 0 Å². The minimum absolute atomic E-state index is 0.392. The first kappa shape index (κ1) is 14.2. The van der Waals surface area contributed by atoms with Gasteiger partial charge in [0.05, 0.1) is 12.6 Å². The highest BCUT2D eigenvalue weighted by atomic mass is 35.5. The van der Waals surface area contributed by atoms with Crippen LogP contribution >= 0.6 is 11.6 Å². The van der Waals surface area contributed by atoms with E-state index in [0.29, 0.717) is 23.7 Å². The molecule has 19 heavy (non-hydrogen) atoms. The fourth-order valence-corrected chi connectivity index (χ4v) is 2.97. The summed E-state index contributed by atoms with van der Waals surface area (Å²) in [5, 5.41) is 1.71. The van der Waals surface area contributed by atoms with Crippen molar-refractivity contribution in [2.75, 3.05) is 19.1 Å². The van der Waals surface area contributed by atoms with Crippen molar-refractivity contribution in [1.82, 2.24) is 4.57 Å². The number of aromatic nitrogens is 1. The van der Waals surface area contributed by atoms with E-state index in [1.807, 2.05) is 28.8 Å². The number of aryl methyl sites for hydroxylation is 1. The second kappa shape index (κ2) is 5.43. The number of nitrogens with zero attached hydrogens (tertiary/aromatic N) is 1. The van der Waals surface area contributed by atoms with Gasteiger partial charge in [-0.2, -0.15) is 0 Å². The van der Waals surface area contributed by atoms with Crippen molar-refractivity contribution in [2.24, 2.45) is 0 Å². The lowest BCUT2D eigenvalue weighted by Gasteiger charge is -2.09. The molecule has 1 unspecified atom stereocenters. The van der Waals surface area contributed by atoms with Crippen molar-refractivity contribution in [3.8, 4) is 5.88 Å². The van der Waals surface area contributed by atoms with Gasteiger partial charge in [-0.3, -0.25) is 8.99 Å². The Bertz CT molecular complexity index is 692.